The van der Waals surface area contributed by atoms with Crippen molar-refractivity contribution in [2.45, 2.75) is 36.8 Å². The highest BCUT2D eigenvalue weighted by Gasteiger charge is 2.51. The maximum Gasteiger partial charge on any atom is 0.331 e. The van der Waals surface area contributed by atoms with Gasteiger partial charge in [0.2, 0.25) is 0 Å². The van der Waals surface area contributed by atoms with E-state index in [4.69, 9.17) is 9.47 Å². The van der Waals surface area contributed by atoms with Crippen molar-refractivity contribution in [1.82, 2.24) is 0 Å². The number of phenols is 1. The van der Waals surface area contributed by atoms with Gasteiger partial charge >= 0.3 is 5.97 Å². The lowest BCUT2D eigenvalue weighted by atomic mass is 9.79. The molecule has 0 radical (unpaired) electrons. The standard InChI is InChI=1S/C22H23O9/c23-11-17-19(26)20(27)22(29,21(28)31-17)16-4-2-1-3-14(16)12-30-18(25)10-7-13-5-8-15(24)9-6-13/h1-10,17,19-21,23-24,26-27,29H,11-12H2/q-1/b10-7+/t17-,19-,20+,21-,22-/m1/s1. The molecule has 0 aromatic heterocycles. The van der Waals surface area contributed by atoms with E-state index >= 15 is 0 Å². The summed E-state index contributed by atoms with van der Waals surface area (Å²) in [5.41, 5.74) is -1.70. The lowest BCUT2D eigenvalue weighted by Crippen LogP contribution is -2.68. The molecule has 0 unspecified atom stereocenters. The van der Waals surface area contributed by atoms with Gasteiger partial charge in [0.05, 0.1) is 6.61 Å². The molecule has 31 heavy (non-hydrogen) atoms. The van der Waals surface area contributed by atoms with Crippen LogP contribution in [0.3, 0.4) is 0 Å². The smallest absolute Gasteiger partial charge is 0.331 e. The Balaban J connectivity index is 1.76. The number of aliphatic hydroxyl groups is 4. The van der Waals surface area contributed by atoms with Crippen LogP contribution in [0.4, 0.5) is 0 Å². The summed E-state index contributed by atoms with van der Waals surface area (Å²) in [5, 5.41) is 62.5. The molecule has 1 saturated heterocycles. The molecule has 0 amide bonds. The van der Waals surface area contributed by atoms with Crippen LogP contribution in [0.2, 0.25) is 0 Å². The van der Waals surface area contributed by atoms with Gasteiger partial charge in [0.1, 0.15) is 36.3 Å². The van der Waals surface area contributed by atoms with Gasteiger partial charge in [0.15, 0.2) is 0 Å². The van der Waals surface area contributed by atoms with Crippen molar-refractivity contribution in [2.75, 3.05) is 6.61 Å². The minimum Gasteiger partial charge on any atom is -0.829 e. The number of carbonyl (C=O) groups is 1. The lowest BCUT2D eigenvalue weighted by Gasteiger charge is -2.52. The first-order valence-electron chi connectivity index (χ1n) is 9.50. The van der Waals surface area contributed by atoms with E-state index in [1.54, 1.807) is 18.2 Å². The predicted octanol–water partition coefficient (Wildman–Crippen LogP) is -0.864. The molecular formula is C22H23O9-. The van der Waals surface area contributed by atoms with Gasteiger partial charge in [-0.05, 0) is 34.9 Å². The summed E-state index contributed by atoms with van der Waals surface area (Å²) >= 11 is 0. The Bertz CT molecular complexity index is 927. The molecule has 1 aliphatic rings. The van der Waals surface area contributed by atoms with Crippen molar-refractivity contribution in [3.63, 3.8) is 0 Å². The second kappa shape index (κ2) is 9.56. The molecule has 1 aliphatic heterocycles. The fraction of sp³-hybridized carbons (Fsp3) is 0.318. The largest absolute Gasteiger partial charge is 0.829 e. The van der Waals surface area contributed by atoms with E-state index in [1.165, 1.54) is 42.5 Å². The molecule has 9 nitrogen and oxygen atoms in total. The molecule has 3 rings (SSSR count). The summed E-state index contributed by atoms with van der Waals surface area (Å²) < 4.78 is 10.1. The molecule has 2 aromatic rings. The molecule has 1 heterocycles. The number of hydrogen-bond acceptors (Lipinski definition) is 9. The van der Waals surface area contributed by atoms with E-state index in [-0.39, 0.29) is 23.5 Å². The number of carbonyl (C=O) groups excluding carboxylic acids is 1. The number of rotatable bonds is 6. The first-order valence-corrected chi connectivity index (χ1v) is 9.50. The molecule has 1 fully saturated rings. The Hall–Kier alpha value is -2.79. The number of hydrogen-bond donors (Lipinski definition) is 5. The van der Waals surface area contributed by atoms with Crippen LogP contribution in [0.5, 0.6) is 5.75 Å². The SMILES string of the molecule is O=C(/C=C/c1ccc(O)cc1)OCc1ccccc1[C@]1(O)[C@H]([O-])O[C@H](CO)[C@@H](O)[C@@H]1O. The average molecular weight is 431 g/mol. The maximum atomic E-state index is 12.5. The Morgan fingerprint density at radius 2 is 1.84 bits per heavy atom. The number of phenolic OH excluding ortho intramolecular Hbond substituents is 1. The minimum atomic E-state index is -2.53. The zero-order valence-electron chi connectivity index (χ0n) is 16.4. The summed E-state index contributed by atoms with van der Waals surface area (Å²) in [4.78, 5) is 12.1. The van der Waals surface area contributed by atoms with E-state index in [2.05, 4.69) is 0 Å². The molecule has 0 saturated carbocycles. The third-order valence-electron chi connectivity index (χ3n) is 5.12. The number of esters is 1. The summed E-state index contributed by atoms with van der Waals surface area (Å²) in [7, 11) is 0. The van der Waals surface area contributed by atoms with Crippen molar-refractivity contribution in [2.24, 2.45) is 0 Å². The fourth-order valence-corrected chi connectivity index (χ4v) is 3.37. The zero-order valence-corrected chi connectivity index (χ0v) is 16.4. The first-order chi connectivity index (χ1) is 14.8. The van der Waals surface area contributed by atoms with E-state index in [0.29, 0.717) is 5.56 Å². The van der Waals surface area contributed by atoms with Gasteiger partial charge in [-0.3, -0.25) is 0 Å². The van der Waals surface area contributed by atoms with Gasteiger partial charge in [-0.2, -0.15) is 0 Å². The lowest BCUT2D eigenvalue weighted by molar-refractivity contribution is -0.555. The molecule has 0 aliphatic carbocycles. The zero-order chi connectivity index (χ0) is 22.6. The third-order valence-corrected chi connectivity index (χ3v) is 5.12. The van der Waals surface area contributed by atoms with Crippen molar-refractivity contribution >= 4 is 12.0 Å². The molecule has 0 bridgehead atoms. The van der Waals surface area contributed by atoms with Crippen LogP contribution in [0.25, 0.3) is 6.08 Å². The molecule has 9 heteroatoms. The van der Waals surface area contributed by atoms with Gasteiger partial charge in [0, 0.05) is 12.4 Å². The predicted molar refractivity (Wildman–Crippen MR) is 105 cm³/mol. The fourth-order valence-electron chi connectivity index (χ4n) is 3.37. The summed E-state index contributed by atoms with van der Waals surface area (Å²) in [6, 6.07) is 12.1. The van der Waals surface area contributed by atoms with Gasteiger partial charge in [-0.15, -0.1) is 0 Å². The van der Waals surface area contributed by atoms with Crippen molar-refractivity contribution in [3.8, 4) is 5.75 Å². The summed E-state index contributed by atoms with van der Waals surface area (Å²) in [6.07, 6.45) is -4.52. The van der Waals surface area contributed by atoms with Crippen LogP contribution in [-0.4, -0.2) is 62.7 Å². The highest BCUT2D eigenvalue weighted by molar-refractivity contribution is 5.87. The van der Waals surface area contributed by atoms with Crippen LogP contribution in [0.15, 0.2) is 54.6 Å². The van der Waals surface area contributed by atoms with E-state index < -0.39 is 42.8 Å². The Kier molecular flexibility index (Phi) is 7.06. The van der Waals surface area contributed by atoms with E-state index in [0.717, 1.165) is 0 Å². The number of benzene rings is 2. The molecule has 5 N–H and O–H groups in total. The van der Waals surface area contributed by atoms with Crippen molar-refractivity contribution in [3.05, 3.63) is 71.3 Å². The minimum absolute atomic E-state index is 0.0618. The topological polar surface area (TPSA) is 160 Å². The summed E-state index contributed by atoms with van der Waals surface area (Å²) in [6.45, 7) is -1.03. The third kappa shape index (κ3) is 4.77. The van der Waals surface area contributed by atoms with Gasteiger partial charge in [-0.25, -0.2) is 4.79 Å². The number of ether oxygens (including phenoxy) is 2. The van der Waals surface area contributed by atoms with E-state index in [1.807, 2.05) is 0 Å². The highest BCUT2D eigenvalue weighted by atomic mass is 16.6. The molecule has 0 spiro atoms. The van der Waals surface area contributed by atoms with Crippen molar-refractivity contribution in [1.29, 1.82) is 0 Å². The normalized spacial score (nSPS) is 28.5. The van der Waals surface area contributed by atoms with Crippen LogP contribution >= 0.6 is 0 Å². The number of aromatic hydroxyl groups is 1. The molecule has 2 aromatic carbocycles. The molecular weight excluding hydrogens is 408 g/mol. The van der Waals surface area contributed by atoms with Gasteiger partial charge in [0.25, 0.3) is 0 Å². The first kappa shape index (κ1) is 22.9. The second-order valence-electron chi connectivity index (χ2n) is 7.14. The summed E-state index contributed by atoms with van der Waals surface area (Å²) in [5.74, 6) is -0.607. The number of aliphatic hydroxyl groups excluding tert-OH is 3. The van der Waals surface area contributed by atoms with Gasteiger partial charge in [-0.1, -0.05) is 36.4 Å². The Labute approximate surface area is 178 Å². The van der Waals surface area contributed by atoms with Crippen LogP contribution in [0, 0.1) is 0 Å². The monoisotopic (exact) mass is 431 g/mol. The quantitative estimate of drug-likeness (QED) is 0.289. The average Bonchev–Trinajstić information content (AvgIpc) is 2.78. The van der Waals surface area contributed by atoms with Crippen LogP contribution in [-0.2, 0) is 26.5 Å². The maximum absolute atomic E-state index is 12.5. The second-order valence-corrected chi connectivity index (χ2v) is 7.14. The highest BCUT2D eigenvalue weighted by Crippen LogP contribution is 2.38. The van der Waals surface area contributed by atoms with Crippen LogP contribution in [0.1, 0.15) is 16.7 Å². The van der Waals surface area contributed by atoms with Crippen molar-refractivity contribution < 1.29 is 44.9 Å². The van der Waals surface area contributed by atoms with Gasteiger partial charge < -0.3 is 40.1 Å². The molecule has 5 atom stereocenters. The van der Waals surface area contributed by atoms with E-state index in [9.17, 15) is 35.4 Å². The van der Waals surface area contributed by atoms with Crippen LogP contribution < -0.4 is 5.11 Å². The molecule has 166 valence electrons. The Morgan fingerprint density at radius 3 is 2.52 bits per heavy atom. The Morgan fingerprint density at radius 1 is 1.16 bits per heavy atom.